The number of nitrogens with zero attached hydrogens (tertiary/aromatic N) is 1. The maximum Gasteiger partial charge on any atom is 0.123 e. The standard InChI is InChI=1S/C14H20BrNO/c1-17-14-5-3-2-4-13(14)11-16-9-7-12(10-16)6-8-15/h2-5,12H,6-11H2,1H3. The fourth-order valence-electron chi connectivity index (χ4n) is 2.52. The van der Waals surface area contributed by atoms with Crippen LogP contribution in [0.4, 0.5) is 0 Å². The molecule has 1 atom stereocenters. The Labute approximate surface area is 112 Å². The van der Waals surface area contributed by atoms with Gasteiger partial charge in [-0.15, -0.1) is 0 Å². The molecule has 2 rings (SSSR count). The topological polar surface area (TPSA) is 12.5 Å². The zero-order valence-corrected chi connectivity index (χ0v) is 11.9. The van der Waals surface area contributed by atoms with Crippen molar-refractivity contribution in [2.75, 3.05) is 25.5 Å². The highest BCUT2D eigenvalue weighted by atomic mass is 79.9. The molecule has 94 valence electrons. The smallest absolute Gasteiger partial charge is 0.123 e. The van der Waals surface area contributed by atoms with Gasteiger partial charge in [0, 0.05) is 24.0 Å². The number of para-hydroxylation sites is 1. The van der Waals surface area contributed by atoms with Crippen molar-refractivity contribution >= 4 is 15.9 Å². The van der Waals surface area contributed by atoms with Gasteiger partial charge < -0.3 is 4.74 Å². The number of ether oxygens (including phenoxy) is 1. The second kappa shape index (κ2) is 6.41. The summed E-state index contributed by atoms with van der Waals surface area (Å²) in [6.45, 7) is 3.46. The van der Waals surface area contributed by atoms with Crippen LogP contribution in [0.2, 0.25) is 0 Å². The van der Waals surface area contributed by atoms with Crippen molar-refractivity contribution in [3.63, 3.8) is 0 Å². The molecule has 1 fully saturated rings. The van der Waals surface area contributed by atoms with Crippen molar-refractivity contribution in [2.45, 2.75) is 19.4 Å². The van der Waals surface area contributed by atoms with Crippen LogP contribution in [-0.2, 0) is 6.54 Å². The number of hydrogen-bond acceptors (Lipinski definition) is 2. The molecular formula is C14H20BrNO. The van der Waals surface area contributed by atoms with Crippen LogP contribution in [0.25, 0.3) is 0 Å². The fourth-order valence-corrected chi connectivity index (χ4v) is 3.17. The zero-order valence-electron chi connectivity index (χ0n) is 10.4. The third kappa shape index (κ3) is 3.46. The highest BCUT2D eigenvalue weighted by Gasteiger charge is 2.22. The first-order valence-electron chi connectivity index (χ1n) is 6.23. The van der Waals surface area contributed by atoms with Gasteiger partial charge in [-0.2, -0.15) is 0 Å². The minimum atomic E-state index is 0.865. The molecule has 1 unspecified atom stereocenters. The van der Waals surface area contributed by atoms with E-state index in [9.17, 15) is 0 Å². The average molecular weight is 298 g/mol. The molecule has 0 spiro atoms. The molecule has 3 heteroatoms. The quantitative estimate of drug-likeness (QED) is 0.773. The fraction of sp³-hybridized carbons (Fsp3) is 0.571. The average Bonchev–Trinajstić information content (AvgIpc) is 2.78. The maximum absolute atomic E-state index is 5.40. The van der Waals surface area contributed by atoms with Crippen LogP contribution in [0.1, 0.15) is 18.4 Å². The SMILES string of the molecule is COc1ccccc1CN1CCC(CCBr)C1. The van der Waals surface area contributed by atoms with Crippen molar-refractivity contribution in [3.8, 4) is 5.75 Å². The van der Waals surface area contributed by atoms with E-state index in [1.807, 2.05) is 12.1 Å². The van der Waals surface area contributed by atoms with E-state index in [1.165, 1.54) is 31.5 Å². The van der Waals surface area contributed by atoms with E-state index in [0.29, 0.717) is 0 Å². The molecule has 1 aliphatic rings. The summed E-state index contributed by atoms with van der Waals surface area (Å²) in [6, 6.07) is 8.32. The van der Waals surface area contributed by atoms with Crippen molar-refractivity contribution in [3.05, 3.63) is 29.8 Å². The first-order chi connectivity index (χ1) is 8.33. The van der Waals surface area contributed by atoms with Gasteiger partial charge in [0.25, 0.3) is 0 Å². The lowest BCUT2D eigenvalue weighted by molar-refractivity contribution is 0.307. The molecule has 2 nitrogen and oxygen atoms in total. The Morgan fingerprint density at radius 1 is 1.41 bits per heavy atom. The predicted molar refractivity (Wildman–Crippen MR) is 74.8 cm³/mol. The van der Waals surface area contributed by atoms with E-state index in [4.69, 9.17) is 4.74 Å². The van der Waals surface area contributed by atoms with E-state index in [2.05, 4.69) is 33.0 Å². The number of likely N-dealkylation sites (tertiary alicyclic amines) is 1. The Kier molecular flexibility index (Phi) is 4.86. The van der Waals surface area contributed by atoms with Crippen LogP contribution < -0.4 is 4.74 Å². The number of hydrogen-bond donors (Lipinski definition) is 0. The molecule has 0 saturated carbocycles. The second-order valence-corrected chi connectivity index (χ2v) is 5.47. The Bertz CT molecular complexity index is 356. The molecule has 17 heavy (non-hydrogen) atoms. The van der Waals surface area contributed by atoms with E-state index < -0.39 is 0 Å². The summed E-state index contributed by atoms with van der Waals surface area (Å²) < 4.78 is 5.40. The molecule has 0 N–H and O–H groups in total. The molecule has 0 aliphatic carbocycles. The second-order valence-electron chi connectivity index (χ2n) is 4.68. The van der Waals surface area contributed by atoms with Crippen LogP contribution in [-0.4, -0.2) is 30.4 Å². The Morgan fingerprint density at radius 2 is 2.24 bits per heavy atom. The largest absolute Gasteiger partial charge is 0.496 e. The van der Waals surface area contributed by atoms with Crippen molar-refractivity contribution < 1.29 is 4.74 Å². The van der Waals surface area contributed by atoms with Crippen LogP contribution in [0.15, 0.2) is 24.3 Å². The number of halogens is 1. The lowest BCUT2D eigenvalue weighted by atomic mass is 10.1. The maximum atomic E-state index is 5.40. The van der Waals surface area contributed by atoms with Crippen molar-refractivity contribution in [2.24, 2.45) is 5.92 Å². The number of methoxy groups -OCH3 is 1. The monoisotopic (exact) mass is 297 g/mol. The van der Waals surface area contributed by atoms with Crippen LogP contribution >= 0.6 is 15.9 Å². The van der Waals surface area contributed by atoms with Gasteiger partial charge in [-0.25, -0.2) is 0 Å². The number of rotatable bonds is 5. The molecule has 0 bridgehead atoms. The summed E-state index contributed by atoms with van der Waals surface area (Å²) in [5.74, 6) is 1.88. The molecule has 1 saturated heterocycles. The van der Waals surface area contributed by atoms with Crippen LogP contribution in [0, 0.1) is 5.92 Å². The van der Waals surface area contributed by atoms with Gasteiger partial charge in [-0.05, 0) is 31.4 Å². The normalized spacial score (nSPS) is 20.7. The van der Waals surface area contributed by atoms with Gasteiger partial charge in [0.15, 0.2) is 0 Å². The first kappa shape index (κ1) is 12.9. The van der Waals surface area contributed by atoms with E-state index in [0.717, 1.165) is 23.5 Å². The molecule has 1 heterocycles. The third-order valence-electron chi connectivity index (χ3n) is 3.47. The summed E-state index contributed by atoms with van der Waals surface area (Å²) in [5.41, 5.74) is 1.30. The number of alkyl halides is 1. The first-order valence-corrected chi connectivity index (χ1v) is 7.36. The van der Waals surface area contributed by atoms with Gasteiger partial charge in [-0.1, -0.05) is 34.1 Å². The highest BCUT2D eigenvalue weighted by Crippen LogP contribution is 2.25. The van der Waals surface area contributed by atoms with Crippen LogP contribution in [0.3, 0.4) is 0 Å². The van der Waals surface area contributed by atoms with Crippen molar-refractivity contribution in [1.29, 1.82) is 0 Å². The van der Waals surface area contributed by atoms with E-state index in [-0.39, 0.29) is 0 Å². The van der Waals surface area contributed by atoms with Gasteiger partial charge in [0.05, 0.1) is 7.11 Å². The van der Waals surface area contributed by atoms with E-state index in [1.54, 1.807) is 7.11 Å². The molecule has 0 aromatic heterocycles. The van der Waals surface area contributed by atoms with Gasteiger partial charge in [0.1, 0.15) is 5.75 Å². The van der Waals surface area contributed by atoms with Crippen LogP contribution in [0.5, 0.6) is 5.75 Å². The van der Waals surface area contributed by atoms with Gasteiger partial charge in [0.2, 0.25) is 0 Å². The Morgan fingerprint density at radius 3 is 3.00 bits per heavy atom. The molecule has 0 radical (unpaired) electrons. The van der Waals surface area contributed by atoms with Gasteiger partial charge in [-0.3, -0.25) is 4.90 Å². The minimum absolute atomic E-state index is 0.865. The van der Waals surface area contributed by atoms with E-state index >= 15 is 0 Å². The summed E-state index contributed by atoms with van der Waals surface area (Å²) in [7, 11) is 1.75. The summed E-state index contributed by atoms with van der Waals surface area (Å²) in [4.78, 5) is 2.53. The Hall–Kier alpha value is -0.540. The van der Waals surface area contributed by atoms with Crippen molar-refractivity contribution in [1.82, 2.24) is 4.90 Å². The zero-order chi connectivity index (χ0) is 12.1. The summed E-state index contributed by atoms with van der Waals surface area (Å²) in [5, 5.41) is 1.13. The summed E-state index contributed by atoms with van der Waals surface area (Å²) in [6.07, 6.45) is 2.63. The molecule has 1 aromatic carbocycles. The lowest BCUT2D eigenvalue weighted by Gasteiger charge is -2.17. The summed E-state index contributed by atoms with van der Waals surface area (Å²) >= 11 is 3.53. The number of benzene rings is 1. The molecule has 0 amide bonds. The molecular weight excluding hydrogens is 278 g/mol. The predicted octanol–water partition coefficient (Wildman–Crippen LogP) is 3.30. The molecule has 1 aliphatic heterocycles. The van der Waals surface area contributed by atoms with Gasteiger partial charge >= 0.3 is 0 Å². The third-order valence-corrected chi connectivity index (χ3v) is 3.93. The highest BCUT2D eigenvalue weighted by molar-refractivity contribution is 9.09. The lowest BCUT2D eigenvalue weighted by Crippen LogP contribution is -2.20. The minimum Gasteiger partial charge on any atom is -0.496 e. The molecule has 1 aromatic rings. The Balaban J connectivity index is 1.93.